The Balaban J connectivity index is 1.43. The van der Waals surface area contributed by atoms with Gasteiger partial charge in [0.05, 0.1) is 0 Å². The summed E-state index contributed by atoms with van der Waals surface area (Å²) in [5.74, 6) is 0.0749. The van der Waals surface area contributed by atoms with Crippen LogP contribution in [0, 0.1) is 0 Å². The van der Waals surface area contributed by atoms with Crippen molar-refractivity contribution in [3.8, 4) is 0 Å². The molecule has 2 amide bonds. The number of benzene rings is 2. The quantitative estimate of drug-likeness (QED) is 0.840. The van der Waals surface area contributed by atoms with Crippen LogP contribution >= 0.6 is 0 Å². The molecule has 1 heterocycles. The molecule has 0 unspecified atom stereocenters. The minimum atomic E-state index is -0.533. The molecule has 0 bridgehead atoms. The van der Waals surface area contributed by atoms with Crippen LogP contribution in [0.1, 0.15) is 32.8 Å². The average molecular weight is 398 g/mol. The number of hydrogen-bond acceptors (Lipinski definition) is 4. The third kappa shape index (κ3) is 6.19. The van der Waals surface area contributed by atoms with Crippen molar-refractivity contribution < 1.29 is 14.3 Å². The number of carbonyl (C=O) groups is 2. The molecule has 6 nitrogen and oxygen atoms in total. The fraction of sp³-hybridized carbons (Fsp3) is 0.478. The van der Waals surface area contributed by atoms with E-state index < -0.39 is 11.7 Å². The summed E-state index contributed by atoms with van der Waals surface area (Å²) in [6.07, 6.45) is -0.187. The predicted octanol–water partition coefficient (Wildman–Crippen LogP) is 3.40. The molecule has 0 radical (unpaired) electrons. The first-order valence-electron chi connectivity index (χ1n) is 10.3. The van der Waals surface area contributed by atoms with Crippen LogP contribution in [0.5, 0.6) is 0 Å². The summed E-state index contributed by atoms with van der Waals surface area (Å²) in [6.45, 7) is 9.78. The Bertz CT molecular complexity index is 847. The van der Waals surface area contributed by atoms with Gasteiger partial charge < -0.3 is 15.0 Å². The second-order valence-electron chi connectivity index (χ2n) is 8.47. The van der Waals surface area contributed by atoms with Gasteiger partial charge in [-0.05, 0) is 37.1 Å². The third-order valence-electron chi connectivity index (χ3n) is 5.01. The highest BCUT2D eigenvalue weighted by Crippen LogP contribution is 2.20. The van der Waals surface area contributed by atoms with Gasteiger partial charge in [-0.1, -0.05) is 42.5 Å². The van der Waals surface area contributed by atoms with Crippen LogP contribution < -0.4 is 5.32 Å². The third-order valence-corrected chi connectivity index (χ3v) is 5.01. The van der Waals surface area contributed by atoms with E-state index in [4.69, 9.17) is 4.74 Å². The van der Waals surface area contributed by atoms with Crippen molar-refractivity contribution in [1.82, 2.24) is 15.1 Å². The maximum Gasteiger partial charge on any atom is 0.407 e. The lowest BCUT2D eigenvalue weighted by molar-refractivity contribution is -0.132. The molecule has 0 aliphatic carbocycles. The molecule has 0 spiro atoms. The number of nitrogens with zero attached hydrogens (tertiary/aromatic N) is 2. The Hall–Kier alpha value is -2.60. The number of carbonyl (C=O) groups excluding carboxylic acids is 2. The second-order valence-corrected chi connectivity index (χ2v) is 8.47. The first-order valence-corrected chi connectivity index (χ1v) is 10.3. The lowest BCUT2D eigenvalue weighted by Crippen LogP contribution is -2.48. The van der Waals surface area contributed by atoms with Gasteiger partial charge in [0.15, 0.2) is 0 Å². The van der Waals surface area contributed by atoms with Crippen molar-refractivity contribution in [2.75, 3.05) is 32.7 Å². The van der Waals surface area contributed by atoms with E-state index in [-0.39, 0.29) is 5.91 Å². The summed E-state index contributed by atoms with van der Waals surface area (Å²) >= 11 is 0. The highest BCUT2D eigenvalue weighted by atomic mass is 16.6. The van der Waals surface area contributed by atoms with Crippen LogP contribution in [0.3, 0.4) is 0 Å². The highest BCUT2D eigenvalue weighted by molar-refractivity contribution is 5.85. The Kier molecular flexibility index (Phi) is 6.75. The van der Waals surface area contributed by atoms with Crippen molar-refractivity contribution >= 4 is 22.8 Å². The van der Waals surface area contributed by atoms with Crippen molar-refractivity contribution in [1.29, 1.82) is 0 Å². The van der Waals surface area contributed by atoms with Crippen molar-refractivity contribution in [2.24, 2.45) is 0 Å². The van der Waals surface area contributed by atoms with Gasteiger partial charge in [0.25, 0.3) is 0 Å². The van der Waals surface area contributed by atoms with Gasteiger partial charge in [-0.15, -0.1) is 0 Å². The monoisotopic (exact) mass is 397 g/mol. The van der Waals surface area contributed by atoms with Gasteiger partial charge in [0.1, 0.15) is 5.60 Å². The number of nitrogens with one attached hydrogen (secondary N) is 1. The molecule has 0 atom stereocenters. The fourth-order valence-corrected chi connectivity index (χ4v) is 3.57. The minimum Gasteiger partial charge on any atom is -0.444 e. The number of fused-ring (bicyclic) bond motifs is 1. The molecule has 3 rings (SSSR count). The Morgan fingerprint density at radius 1 is 1.00 bits per heavy atom. The van der Waals surface area contributed by atoms with E-state index in [0.29, 0.717) is 13.0 Å². The standard InChI is InChI=1S/C23H31N3O3/c1-23(2,3)29-22(28)24-12-11-21(27)26-15-13-25(14-16-26)17-19-9-6-8-18-7-4-5-10-20(18)19/h4-10H,11-17H2,1-3H3,(H,24,28). The summed E-state index contributed by atoms with van der Waals surface area (Å²) in [6, 6.07) is 14.9. The van der Waals surface area contributed by atoms with Crippen molar-refractivity contribution in [3.63, 3.8) is 0 Å². The Labute approximate surface area is 172 Å². The molecule has 156 valence electrons. The van der Waals surface area contributed by atoms with Crippen LogP contribution in [0.25, 0.3) is 10.8 Å². The molecule has 1 aliphatic heterocycles. The molecule has 0 saturated carbocycles. The van der Waals surface area contributed by atoms with E-state index >= 15 is 0 Å². The van der Waals surface area contributed by atoms with Crippen LogP contribution in [0.15, 0.2) is 42.5 Å². The van der Waals surface area contributed by atoms with Crippen LogP contribution in [-0.4, -0.2) is 60.1 Å². The predicted molar refractivity (Wildman–Crippen MR) is 115 cm³/mol. The molecular formula is C23H31N3O3. The molecule has 0 aromatic heterocycles. The first-order chi connectivity index (χ1) is 13.8. The van der Waals surface area contributed by atoms with Gasteiger partial charge in [0.2, 0.25) is 5.91 Å². The Morgan fingerprint density at radius 3 is 2.41 bits per heavy atom. The van der Waals surface area contributed by atoms with Gasteiger partial charge >= 0.3 is 6.09 Å². The normalized spacial score (nSPS) is 15.3. The molecule has 29 heavy (non-hydrogen) atoms. The van der Waals surface area contributed by atoms with E-state index in [1.807, 2.05) is 25.7 Å². The zero-order valence-corrected chi connectivity index (χ0v) is 17.6. The summed E-state index contributed by atoms with van der Waals surface area (Å²) in [5, 5.41) is 5.20. The topological polar surface area (TPSA) is 61.9 Å². The summed E-state index contributed by atoms with van der Waals surface area (Å²) < 4.78 is 5.18. The number of rotatable bonds is 5. The molecule has 1 saturated heterocycles. The lowest BCUT2D eigenvalue weighted by atomic mass is 10.0. The minimum absolute atomic E-state index is 0.0749. The van der Waals surface area contributed by atoms with Gasteiger partial charge in [-0.25, -0.2) is 4.79 Å². The van der Waals surface area contributed by atoms with Gasteiger partial charge in [-0.3, -0.25) is 9.69 Å². The molecular weight excluding hydrogens is 366 g/mol. The number of ether oxygens (including phenoxy) is 1. The molecule has 1 fully saturated rings. The van der Waals surface area contributed by atoms with E-state index in [1.165, 1.54) is 16.3 Å². The largest absolute Gasteiger partial charge is 0.444 e. The molecule has 2 aromatic rings. The highest BCUT2D eigenvalue weighted by Gasteiger charge is 2.22. The fourth-order valence-electron chi connectivity index (χ4n) is 3.57. The maximum atomic E-state index is 12.4. The zero-order chi connectivity index (χ0) is 20.9. The zero-order valence-electron chi connectivity index (χ0n) is 17.6. The number of alkyl carbamates (subject to hydrolysis) is 1. The summed E-state index contributed by atoms with van der Waals surface area (Å²) in [5.41, 5.74) is 0.790. The first kappa shape index (κ1) is 21.1. The second kappa shape index (κ2) is 9.27. The van der Waals surface area contributed by atoms with Crippen LogP contribution in [0.2, 0.25) is 0 Å². The average Bonchev–Trinajstić information content (AvgIpc) is 2.67. The van der Waals surface area contributed by atoms with Crippen LogP contribution in [0.4, 0.5) is 4.79 Å². The van der Waals surface area contributed by atoms with Crippen molar-refractivity contribution in [2.45, 2.75) is 39.3 Å². The van der Waals surface area contributed by atoms with Crippen LogP contribution in [-0.2, 0) is 16.1 Å². The molecule has 2 aromatic carbocycles. The molecule has 1 N–H and O–H groups in total. The Morgan fingerprint density at radius 2 is 1.69 bits per heavy atom. The number of amides is 2. The molecule has 1 aliphatic rings. The van der Waals surface area contributed by atoms with Gasteiger partial charge in [-0.2, -0.15) is 0 Å². The van der Waals surface area contributed by atoms with E-state index in [9.17, 15) is 9.59 Å². The summed E-state index contributed by atoms with van der Waals surface area (Å²) in [7, 11) is 0. The maximum absolute atomic E-state index is 12.4. The number of piperazine rings is 1. The van der Waals surface area contributed by atoms with E-state index in [1.54, 1.807) is 0 Å². The lowest BCUT2D eigenvalue weighted by Gasteiger charge is -2.35. The van der Waals surface area contributed by atoms with Crippen molar-refractivity contribution in [3.05, 3.63) is 48.0 Å². The number of hydrogen-bond donors (Lipinski definition) is 1. The summed E-state index contributed by atoms with van der Waals surface area (Å²) in [4.78, 5) is 28.4. The van der Waals surface area contributed by atoms with E-state index in [0.717, 1.165) is 32.7 Å². The molecule has 6 heteroatoms. The SMILES string of the molecule is CC(C)(C)OC(=O)NCCC(=O)N1CCN(Cc2cccc3ccccc23)CC1. The smallest absolute Gasteiger partial charge is 0.407 e. The van der Waals surface area contributed by atoms with Gasteiger partial charge in [0, 0.05) is 45.7 Å². The van der Waals surface area contributed by atoms with E-state index in [2.05, 4.69) is 52.7 Å².